The predicted molar refractivity (Wildman–Crippen MR) is 102 cm³/mol. The van der Waals surface area contributed by atoms with Gasteiger partial charge in [0.1, 0.15) is 0 Å². The SMILES string of the molecule is CCCN1CCC(CNC(=NC)NC2CC=CC2)CC1.I. The topological polar surface area (TPSA) is 39.7 Å². The Labute approximate surface area is 146 Å². The molecule has 4 nitrogen and oxygen atoms in total. The smallest absolute Gasteiger partial charge is 0.191 e. The fourth-order valence-electron chi connectivity index (χ4n) is 3.09. The van der Waals surface area contributed by atoms with Crippen molar-refractivity contribution in [3.63, 3.8) is 0 Å². The molecule has 0 amide bonds. The Balaban J connectivity index is 0.00000220. The first-order valence-corrected chi connectivity index (χ1v) is 8.16. The van der Waals surface area contributed by atoms with E-state index < -0.39 is 0 Å². The number of nitrogens with one attached hydrogen (secondary N) is 2. The summed E-state index contributed by atoms with van der Waals surface area (Å²) in [6.45, 7) is 7.11. The lowest BCUT2D eigenvalue weighted by Gasteiger charge is -2.32. The summed E-state index contributed by atoms with van der Waals surface area (Å²) in [5.74, 6) is 1.76. The third-order valence-corrected chi connectivity index (χ3v) is 4.38. The minimum atomic E-state index is 0. The first-order chi connectivity index (χ1) is 9.81. The molecule has 122 valence electrons. The molecule has 5 heteroatoms. The number of piperidine rings is 1. The molecule has 0 spiro atoms. The molecule has 0 unspecified atom stereocenters. The van der Waals surface area contributed by atoms with Gasteiger partial charge in [0.05, 0.1) is 0 Å². The van der Waals surface area contributed by atoms with Gasteiger partial charge in [-0.15, -0.1) is 24.0 Å². The van der Waals surface area contributed by atoms with Crippen molar-refractivity contribution in [3.8, 4) is 0 Å². The zero-order valence-corrected chi connectivity index (χ0v) is 15.8. The summed E-state index contributed by atoms with van der Waals surface area (Å²) in [5, 5.41) is 7.01. The Bertz CT molecular complexity index is 327. The second-order valence-electron chi connectivity index (χ2n) is 6.02. The van der Waals surface area contributed by atoms with Crippen LogP contribution in [0.5, 0.6) is 0 Å². The zero-order valence-electron chi connectivity index (χ0n) is 13.5. The molecule has 1 aliphatic heterocycles. The lowest BCUT2D eigenvalue weighted by atomic mass is 9.97. The van der Waals surface area contributed by atoms with Crippen LogP contribution in [0.2, 0.25) is 0 Å². The van der Waals surface area contributed by atoms with Gasteiger partial charge in [-0.1, -0.05) is 19.1 Å². The van der Waals surface area contributed by atoms with Gasteiger partial charge in [-0.2, -0.15) is 0 Å². The van der Waals surface area contributed by atoms with Crippen molar-refractivity contribution in [2.75, 3.05) is 33.2 Å². The highest BCUT2D eigenvalue weighted by molar-refractivity contribution is 14.0. The van der Waals surface area contributed by atoms with Gasteiger partial charge in [-0.3, -0.25) is 4.99 Å². The summed E-state index contributed by atoms with van der Waals surface area (Å²) in [5.41, 5.74) is 0. The van der Waals surface area contributed by atoms with Crippen LogP contribution in [-0.2, 0) is 0 Å². The normalized spacial score (nSPS) is 21.3. The van der Waals surface area contributed by atoms with Gasteiger partial charge in [0.2, 0.25) is 0 Å². The lowest BCUT2D eigenvalue weighted by Crippen LogP contribution is -2.45. The fourth-order valence-corrected chi connectivity index (χ4v) is 3.09. The van der Waals surface area contributed by atoms with Crippen LogP contribution in [0.15, 0.2) is 17.1 Å². The van der Waals surface area contributed by atoms with Gasteiger partial charge in [0.25, 0.3) is 0 Å². The molecule has 0 aromatic rings. The molecule has 1 aliphatic carbocycles. The predicted octanol–water partition coefficient (Wildman–Crippen LogP) is 2.61. The minimum absolute atomic E-state index is 0. The first kappa shape index (κ1) is 18.7. The number of hydrogen-bond donors (Lipinski definition) is 2. The van der Waals surface area contributed by atoms with Crippen LogP contribution in [0.1, 0.15) is 39.0 Å². The van der Waals surface area contributed by atoms with Crippen molar-refractivity contribution in [2.24, 2.45) is 10.9 Å². The van der Waals surface area contributed by atoms with Crippen LogP contribution in [0.3, 0.4) is 0 Å². The van der Waals surface area contributed by atoms with Gasteiger partial charge >= 0.3 is 0 Å². The molecule has 1 fully saturated rings. The van der Waals surface area contributed by atoms with Crippen molar-refractivity contribution >= 4 is 29.9 Å². The van der Waals surface area contributed by atoms with Crippen LogP contribution in [-0.4, -0.2) is 50.1 Å². The Hall–Kier alpha value is -0.300. The molecule has 0 aromatic heterocycles. The summed E-state index contributed by atoms with van der Waals surface area (Å²) >= 11 is 0. The molecule has 0 bridgehead atoms. The second-order valence-corrected chi connectivity index (χ2v) is 6.02. The Morgan fingerprint density at radius 2 is 1.90 bits per heavy atom. The molecule has 2 rings (SSSR count). The number of halogens is 1. The molecule has 0 aromatic carbocycles. The third-order valence-electron chi connectivity index (χ3n) is 4.38. The van der Waals surface area contributed by atoms with Crippen molar-refractivity contribution in [1.82, 2.24) is 15.5 Å². The van der Waals surface area contributed by atoms with Crippen LogP contribution >= 0.6 is 24.0 Å². The Morgan fingerprint density at radius 3 is 2.48 bits per heavy atom. The van der Waals surface area contributed by atoms with Crippen molar-refractivity contribution < 1.29 is 0 Å². The number of rotatable bonds is 5. The minimum Gasteiger partial charge on any atom is -0.356 e. The van der Waals surface area contributed by atoms with Crippen LogP contribution in [0.4, 0.5) is 0 Å². The monoisotopic (exact) mass is 406 g/mol. The summed E-state index contributed by atoms with van der Waals surface area (Å²) in [6.07, 6.45) is 10.6. The van der Waals surface area contributed by atoms with E-state index in [0.29, 0.717) is 6.04 Å². The zero-order chi connectivity index (χ0) is 14.2. The Morgan fingerprint density at radius 1 is 1.24 bits per heavy atom. The van der Waals surface area contributed by atoms with Gasteiger partial charge in [-0.05, 0) is 57.7 Å². The second kappa shape index (κ2) is 10.4. The maximum Gasteiger partial charge on any atom is 0.191 e. The maximum absolute atomic E-state index is 4.34. The average Bonchev–Trinajstić information content (AvgIpc) is 2.98. The molecule has 0 radical (unpaired) electrons. The number of hydrogen-bond acceptors (Lipinski definition) is 2. The molecule has 2 N–H and O–H groups in total. The van der Waals surface area contributed by atoms with E-state index in [-0.39, 0.29) is 24.0 Å². The first-order valence-electron chi connectivity index (χ1n) is 8.16. The molecule has 0 atom stereocenters. The molecule has 0 saturated carbocycles. The quantitative estimate of drug-likeness (QED) is 0.319. The van der Waals surface area contributed by atoms with Gasteiger partial charge in [0.15, 0.2) is 5.96 Å². The summed E-state index contributed by atoms with van der Waals surface area (Å²) in [4.78, 5) is 6.93. The van der Waals surface area contributed by atoms with Gasteiger partial charge in [0, 0.05) is 19.6 Å². The van der Waals surface area contributed by atoms with E-state index in [1.54, 1.807) is 0 Å². The highest BCUT2D eigenvalue weighted by atomic mass is 127. The van der Waals surface area contributed by atoms with E-state index in [4.69, 9.17) is 0 Å². The number of guanidine groups is 1. The standard InChI is InChI=1S/C16H30N4.HI/c1-3-10-20-11-8-14(9-12-20)13-18-16(17-2)19-15-6-4-5-7-15;/h4-5,14-15H,3,6-13H2,1-2H3,(H2,17,18,19);1H. The molecular weight excluding hydrogens is 375 g/mol. The number of aliphatic imine (C=N–C) groups is 1. The van der Waals surface area contributed by atoms with Crippen molar-refractivity contribution in [3.05, 3.63) is 12.2 Å². The van der Waals surface area contributed by atoms with Crippen molar-refractivity contribution in [1.29, 1.82) is 0 Å². The van der Waals surface area contributed by atoms with E-state index in [2.05, 4.69) is 39.6 Å². The van der Waals surface area contributed by atoms with E-state index in [1.807, 2.05) is 7.05 Å². The van der Waals surface area contributed by atoms with Crippen LogP contribution < -0.4 is 10.6 Å². The summed E-state index contributed by atoms with van der Waals surface area (Å²) < 4.78 is 0. The molecule has 1 heterocycles. The van der Waals surface area contributed by atoms with Crippen LogP contribution in [0, 0.1) is 5.92 Å². The van der Waals surface area contributed by atoms with E-state index >= 15 is 0 Å². The van der Waals surface area contributed by atoms with Gasteiger partial charge in [-0.25, -0.2) is 0 Å². The highest BCUT2D eigenvalue weighted by Crippen LogP contribution is 2.16. The fraction of sp³-hybridized carbons (Fsp3) is 0.812. The largest absolute Gasteiger partial charge is 0.356 e. The Kier molecular flexibility index (Phi) is 9.31. The third kappa shape index (κ3) is 6.55. The molecular formula is C16H31IN4. The number of likely N-dealkylation sites (tertiary alicyclic amines) is 1. The molecule has 21 heavy (non-hydrogen) atoms. The summed E-state index contributed by atoms with van der Waals surface area (Å²) in [6, 6.07) is 0.535. The maximum atomic E-state index is 4.34. The van der Waals surface area contributed by atoms with Crippen molar-refractivity contribution in [2.45, 2.75) is 45.1 Å². The molecule has 1 saturated heterocycles. The molecule has 2 aliphatic rings. The van der Waals surface area contributed by atoms with E-state index in [1.165, 1.54) is 38.9 Å². The van der Waals surface area contributed by atoms with Crippen LogP contribution in [0.25, 0.3) is 0 Å². The highest BCUT2D eigenvalue weighted by Gasteiger charge is 2.19. The van der Waals surface area contributed by atoms with Gasteiger partial charge < -0.3 is 15.5 Å². The number of nitrogens with zero attached hydrogens (tertiary/aromatic N) is 2. The van der Waals surface area contributed by atoms with E-state index in [9.17, 15) is 0 Å². The lowest BCUT2D eigenvalue weighted by molar-refractivity contribution is 0.185. The average molecular weight is 406 g/mol. The van der Waals surface area contributed by atoms with E-state index in [0.717, 1.165) is 31.3 Å². The summed E-state index contributed by atoms with van der Waals surface area (Å²) in [7, 11) is 1.86.